The Hall–Kier alpha value is -0.770. The van der Waals surface area contributed by atoms with Crippen molar-refractivity contribution in [2.45, 2.75) is 37.9 Å². The first-order chi connectivity index (χ1) is 9.00. The number of hydrogen-bond donors (Lipinski definition) is 1. The van der Waals surface area contributed by atoms with Crippen LogP contribution in [0.5, 0.6) is 0 Å². The van der Waals surface area contributed by atoms with E-state index in [0.717, 1.165) is 32.9 Å². The maximum absolute atomic E-state index is 9.52. The van der Waals surface area contributed by atoms with Crippen LogP contribution in [-0.4, -0.2) is 21.4 Å². The van der Waals surface area contributed by atoms with Crippen molar-refractivity contribution in [3.63, 3.8) is 0 Å². The van der Waals surface area contributed by atoms with Crippen molar-refractivity contribution in [1.29, 1.82) is 0 Å². The molecule has 19 heavy (non-hydrogen) atoms. The maximum atomic E-state index is 9.52. The van der Waals surface area contributed by atoms with Gasteiger partial charge in [0.05, 0.1) is 22.3 Å². The number of rotatable bonds is 4. The van der Waals surface area contributed by atoms with Gasteiger partial charge in [0.2, 0.25) is 0 Å². The van der Waals surface area contributed by atoms with Crippen molar-refractivity contribution in [2.24, 2.45) is 0 Å². The van der Waals surface area contributed by atoms with E-state index in [0.29, 0.717) is 0 Å². The molecule has 1 aromatic carbocycles. The molecule has 0 aliphatic heterocycles. The van der Waals surface area contributed by atoms with E-state index in [1.54, 1.807) is 18.7 Å². The summed E-state index contributed by atoms with van der Waals surface area (Å²) in [6.45, 7) is 5.84. The van der Waals surface area contributed by atoms with E-state index >= 15 is 0 Å². The predicted octanol–water partition coefficient (Wildman–Crippen LogP) is 4.20. The van der Waals surface area contributed by atoms with Crippen molar-refractivity contribution < 1.29 is 5.11 Å². The SMILES string of the molecule is Cc1c(Cl)c(CSC(C)C(C)O)nc2ccccc12. The van der Waals surface area contributed by atoms with E-state index in [-0.39, 0.29) is 11.4 Å². The number of nitrogens with zero attached hydrogens (tertiary/aromatic N) is 1. The molecule has 0 aliphatic rings. The fourth-order valence-corrected chi connectivity index (χ4v) is 3.06. The Kier molecular flexibility index (Phi) is 4.71. The normalized spacial score (nSPS) is 14.6. The average molecular weight is 296 g/mol. The minimum Gasteiger partial charge on any atom is -0.392 e. The quantitative estimate of drug-likeness (QED) is 0.918. The number of para-hydroxylation sites is 1. The van der Waals surface area contributed by atoms with E-state index in [4.69, 9.17) is 11.6 Å². The number of hydrogen-bond acceptors (Lipinski definition) is 3. The molecule has 0 bridgehead atoms. The van der Waals surface area contributed by atoms with Crippen LogP contribution in [0.15, 0.2) is 24.3 Å². The van der Waals surface area contributed by atoms with Crippen molar-refractivity contribution in [1.82, 2.24) is 4.98 Å². The van der Waals surface area contributed by atoms with E-state index in [2.05, 4.69) is 4.98 Å². The summed E-state index contributed by atoms with van der Waals surface area (Å²) in [6, 6.07) is 8.03. The molecule has 1 aromatic heterocycles. The number of benzene rings is 1. The Morgan fingerprint density at radius 1 is 1.32 bits per heavy atom. The average Bonchev–Trinajstić information content (AvgIpc) is 2.40. The highest BCUT2D eigenvalue weighted by Gasteiger charge is 2.14. The van der Waals surface area contributed by atoms with Crippen LogP contribution in [0.1, 0.15) is 25.1 Å². The van der Waals surface area contributed by atoms with Crippen LogP contribution < -0.4 is 0 Å². The number of halogens is 1. The number of fused-ring (bicyclic) bond motifs is 1. The lowest BCUT2D eigenvalue weighted by atomic mass is 10.1. The highest BCUT2D eigenvalue weighted by molar-refractivity contribution is 7.99. The van der Waals surface area contributed by atoms with Crippen LogP contribution in [0.3, 0.4) is 0 Å². The molecular weight excluding hydrogens is 278 g/mol. The number of aliphatic hydroxyl groups is 1. The highest BCUT2D eigenvalue weighted by atomic mass is 35.5. The zero-order valence-electron chi connectivity index (χ0n) is 11.4. The van der Waals surface area contributed by atoms with Gasteiger partial charge < -0.3 is 5.11 Å². The van der Waals surface area contributed by atoms with Gasteiger partial charge in [0.1, 0.15) is 0 Å². The van der Waals surface area contributed by atoms with Gasteiger partial charge in [-0.2, -0.15) is 0 Å². The Morgan fingerprint density at radius 2 is 2.00 bits per heavy atom. The summed E-state index contributed by atoms with van der Waals surface area (Å²) in [7, 11) is 0. The lowest BCUT2D eigenvalue weighted by Gasteiger charge is -2.15. The monoisotopic (exact) mass is 295 g/mol. The molecule has 2 rings (SSSR count). The fourth-order valence-electron chi connectivity index (χ4n) is 1.86. The second kappa shape index (κ2) is 6.12. The van der Waals surface area contributed by atoms with Gasteiger partial charge in [0.25, 0.3) is 0 Å². The molecular formula is C15H18ClNOS. The van der Waals surface area contributed by atoms with Gasteiger partial charge in [-0.1, -0.05) is 36.7 Å². The van der Waals surface area contributed by atoms with Crippen LogP contribution in [0.4, 0.5) is 0 Å². The Bertz CT molecular complexity index is 586. The Balaban J connectivity index is 2.31. The van der Waals surface area contributed by atoms with Crippen LogP contribution in [0.25, 0.3) is 10.9 Å². The first-order valence-electron chi connectivity index (χ1n) is 6.34. The summed E-state index contributed by atoms with van der Waals surface area (Å²) in [5, 5.41) is 11.5. The molecule has 0 fully saturated rings. The molecule has 2 nitrogen and oxygen atoms in total. The first kappa shape index (κ1) is 14.6. The van der Waals surface area contributed by atoms with Gasteiger partial charge >= 0.3 is 0 Å². The minimum absolute atomic E-state index is 0.171. The fraction of sp³-hybridized carbons (Fsp3) is 0.400. The largest absolute Gasteiger partial charge is 0.392 e. The minimum atomic E-state index is -0.328. The maximum Gasteiger partial charge on any atom is 0.0709 e. The molecule has 0 aliphatic carbocycles. The standard InChI is InChI=1S/C15H18ClNOS/c1-9-12-6-4-5-7-13(12)17-14(15(9)16)8-19-11(3)10(2)18/h4-7,10-11,18H,8H2,1-3H3. The summed E-state index contributed by atoms with van der Waals surface area (Å²) < 4.78 is 0. The molecule has 1 N–H and O–H groups in total. The van der Waals surface area contributed by atoms with Crippen LogP contribution in [0.2, 0.25) is 5.02 Å². The number of aromatic nitrogens is 1. The van der Waals surface area contributed by atoms with E-state index in [1.807, 2.05) is 38.1 Å². The number of pyridine rings is 1. The molecule has 0 saturated carbocycles. The number of aryl methyl sites for hydroxylation is 1. The molecule has 2 atom stereocenters. The summed E-state index contributed by atoms with van der Waals surface area (Å²) in [4.78, 5) is 4.63. The molecule has 2 unspecified atom stereocenters. The Labute approximate surface area is 123 Å². The first-order valence-corrected chi connectivity index (χ1v) is 7.76. The van der Waals surface area contributed by atoms with Crippen LogP contribution in [-0.2, 0) is 5.75 Å². The molecule has 4 heteroatoms. The lowest BCUT2D eigenvalue weighted by molar-refractivity contribution is 0.196. The summed E-state index contributed by atoms with van der Waals surface area (Å²) in [6.07, 6.45) is -0.328. The topological polar surface area (TPSA) is 33.1 Å². The third kappa shape index (κ3) is 3.22. The highest BCUT2D eigenvalue weighted by Crippen LogP contribution is 2.30. The van der Waals surface area contributed by atoms with E-state index < -0.39 is 0 Å². The number of aliphatic hydroxyl groups excluding tert-OH is 1. The van der Waals surface area contributed by atoms with Crippen LogP contribution in [0, 0.1) is 6.92 Å². The summed E-state index contributed by atoms with van der Waals surface area (Å²) >= 11 is 8.07. The molecule has 102 valence electrons. The van der Waals surface area contributed by atoms with Gasteiger partial charge in [-0.15, -0.1) is 11.8 Å². The van der Waals surface area contributed by atoms with Gasteiger partial charge in [-0.05, 0) is 25.5 Å². The third-order valence-electron chi connectivity index (χ3n) is 3.31. The van der Waals surface area contributed by atoms with Gasteiger partial charge in [-0.25, -0.2) is 0 Å². The third-order valence-corrected chi connectivity index (χ3v) is 5.17. The second-order valence-electron chi connectivity index (χ2n) is 4.77. The zero-order chi connectivity index (χ0) is 14.0. The van der Waals surface area contributed by atoms with Gasteiger partial charge in [0.15, 0.2) is 0 Å². The summed E-state index contributed by atoms with van der Waals surface area (Å²) in [5.74, 6) is 0.719. The number of thioether (sulfide) groups is 1. The van der Waals surface area contributed by atoms with Gasteiger partial charge in [0, 0.05) is 16.4 Å². The van der Waals surface area contributed by atoms with Crippen LogP contribution >= 0.6 is 23.4 Å². The smallest absolute Gasteiger partial charge is 0.0709 e. The predicted molar refractivity (Wildman–Crippen MR) is 83.9 cm³/mol. The van der Waals surface area contributed by atoms with Crippen molar-refractivity contribution >= 4 is 34.3 Å². The summed E-state index contributed by atoms with van der Waals surface area (Å²) in [5.41, 5.74) is 2.95. The molecule has 0 radical (unpaired) electrons. The van der Waals surface area contributed by atoms with E-state index in [9.17, 15) is 5.11 Å². The second-order valence-corrected chi connectivity index (χ2v) is 6.51. The van der Waals surface area contributed by atoms with E-state index in [1.165, 1.54) is 0 Å². The van der Waals surface area contributed by atoms with Crippen molar-refractivity contribution in [3.8, 4) is 0 Å². The van der Waals surface area contributed by atoms with Crippen molar-refractivity contribution in [2.75, 3.05) is 0 Å². The molecule has 0 spiro atoms. The molecule has 0 amide bonds. The molecule has 0 saturated heterocycles. The zero-order valence-corrected chi connectivity index (χ0v) is 12.9. The lowest BCUT2D eigenvalue weighted by Crippen LogP contribution is -2.15. The Morgan fingerprint density at radius 3 is 2.68 bits per heavy atom. The molecule has 2 aromatic rings. The molecule has 1 heterocycles. The van der Waals surface area contributed by atoms with Gasteiger partial charge in [-0.3, -0.25) is 4.98 Å². The van der Waals surface area contributed by atoms with Crippen molar-refractivity contribution in [3.05, 3.63) is 40.5 Å².